The topological polar surface area (TPSA) is 97.6 Å². The average Bonchev–Trinajstić information content (AvgIpc) is 3.16. The van der Waals surface area contributed by atoms with Gasteiger partial charge in [-0.15, -0.1) is 10.2 Å². The van der Waals surface area contributed by atoms with E-state index in [9.17, 15) is 9.59 Å². The minimum atomic E-state index is -0.798. The van der Waals surface area contributed by atoms with Crippen molar-refractivity contribution in [1.29, 1.82) is 0 Å². The molecule has 0 saturated carbocycles. The van der Waals surface area contributed by atoms with Gasteiger partial charge in [0, 0.05) is 25.8 Å². The third-order valence-electron chi connectivity index (χ3n) is 4.85. The number of nitrogens with zero attached hydrogens (tertiary/aromatic N) is 3. The van der Waals surface area contributed by atoms with E-state index >= 15 is 0 Å². The van der Waals surface area contributed by atoms with Crippen LogP contribution in [0.25, 0.3) is 0 Å². The van der Waals surface area contributed by atoms with Crippen LogP contribution in [0.15, 0.2) is 21.8 Å². The maximum Gasteiger partial charge on any atom is 0.286 e. The number of methoxy groups -OCH3 is 1. The molecule has 0 saturated heterocycles. The Labute approximate surface area is 176 Å². The van der Waals surface area contributed by atoms with Crippen LogP contribution in [0, 0.1) is 5.92 Å². The third kappa shape index (κ3) is 7.56. The lowest BCUT2D eigenvalue weighted by atomic mass is 9.92. The zero-order chi connectivity index (χ0) is 21.4. The van der Waals surface area contributed by atoms with Gasteiger partial charge in [-0.2, -0.15) is 0 Å². The fourth-order valence-corrected chi connectivity index (χ4v) is 3.79. The molecule has 0 spiro atoms. The van der Waals surface area contributed by atoms with E-state index < -0.39 is 17.4 Å². The first-order chi connectivity index (χ1) is 13.7. The Balaban J connectivity index is 2.09. The molecule has 1 aliphatic rings. The Kier molecular flexibility index (Phi) is 8.85. The van der Waals surface area contributed by atoms with Gasteiger partial charge in [0.05, 0.1) is 11.5 Å². The number of nitrogens with one attached hydrogen (secondary N) is 1. The van der Waals surface area contributed by atoms with Gasteiger partial charge < -0.3 is 19.4 Å². The highest BCUT2D eigenvalue weighted by Crippen LogP contribution is 2.22. The summed E-state index contributed by atoms with van der Waals surface area (Å²) in [6, 6.07) is -0.798. The number of rotatable bonds is 11. The van der Waals surface area contributed by atoms with Crippen LogP contribution < -0.4 is 5.32 Å². The molecule has 2 unspecified atom stereocenters. The SMILES string of the molecule is COC(C)(C)CC(NC(=O)C1C=CCCC1)C(=O)c1nnc(SCCN(C)C)o1. The van der Waals surface area contributed by atoms with Crippen LogP contribution in [0.3, 0.4) is 0 Å². The van der Waals surface area contributed by atoms with E-state index in [0.717, 1.165) is 31.6 Å². The quantitative estimate of drug-likeness (QED) is 0.329. The van der Waals surface area contributed by atoms with E-state index in [2.05, 4.69) is 15.5 Å². The summed E-state index contributed by atoms with van der Waals surface area (Å²) in [7, 11) is 5.55. The number of amides is 1. The van der Waals surface area contributed by atoms with Crippen molar-refractivity contribution in [2.24, 2.45) is 5.92 Å². The number of Topliss-reactive ketones (excluding diaryl/α,β-unsaturated/α-hetero) is 1. The fraction of sp³-hybridized carbons (Fsp3) is 0.700. The number of carbonyl (C=O) groups is 2. The Morgan fingerprint density at radius 1 is 1.41 bits per heavy atom. The van der Waals surface area contributed by atoms with Crippen molar-refractivity contribution in [3.05, 3.63) is 18.0 Å². The van der Waals surface area contributed by atoms with Gasteiger partial charge in [0.15, 0.2) is 0 Å². The molecule has 1 N–H and O–H groups in total. The zero-order valence-electron chi connectivity index (χ0n) is 17.9. The second-order valence-electron chi connectivity index (χ2n) is 8.08. The Morgan fingerprint density at radius 3 is 2.79 bits per heavy atom. The number of hydrogen-bond acceptors (Lipinski definition) is 8. The molecule has 0 aliphatic heterocycles. The Bertz CT molecular complexity index is 717. The number of ketones is 1. The first kappa shape index (κ1) is 23.6. The fourth-order valence-electron chi connectivity index (χ4n) is 2.93. The molecule has 1 amide bonds. The number of carbonyl (C=O) groups excluding carboxylic acids is 2. The summed E-state index contributed by atoms with van der Waals surface area (Å²) >= 11 is 1.40. The molecule has 1 aromatic rings. The maximum atomic E-state index is 13.1. The lowest BCUT2D eigenvalue weighted by Crippen LogP contribution is -2.47. The zero-order valence-corrected chi connectivity index (χ0v) is 18.8. The molecule has 9 heteroatoms. The summed E-state index contributed by atoms with van der Waals surface area (Å²) in [6.07, 6.45) is 6.96. The number of aromatic nitrogens is 2. The molecule has 162 valence electrons. The van der Waals surface area contributed by atoms with E-state index in [0.29, 0.717) is 11.6 Å². The highest BCUT2D eigenvalue weighted by atomic mass is 32.2. The van der Waals surface area contributed by atoms with Gasteiger partial charge in [-0.25, -0.2) is 0 Å². The van der Waals surface area contributed by atoms with E-state index in [-0.39, 0.29) is 17.7 Å². The molecule has 0 aromatic carbocycles. The summed E-state index contributed by atoms with van der Waals surface area (Å²) in [4.78, 5) is 27.8. The van der Waals surface area contributed by atoms with Gasteiger partial charge in [-0.05, 0) is 47.2 Å². The van der Waals surface area contributed by atoms with Crippen molar-refractivity contribution in [2.45, 2.75) is 56.4 Å². The predicted molar refractivity (Wildman–Crippen MR) is 112 cm³/mol. The van der Waals surface area contributed by atoms with Crippen molar-refractivity contribution >= 4 is 23.5 Å². The van der Waals surface area contributed by atoms with Gasteiger partial charge >= 0.3 is 0 Å². The van der Waals surface area contributed by atoms with Gasteiger partial charge in [0.25, 0.3) is 11.1 Å². The second-order valence-corrected chi connectivity index (χ2v) is 9.13. The van der Waals surface area contributed by atoms with E-state index in [1.807, 2.05) is 45.0 Å². The molecule has 0 fully saturated rings. The maximum absolute atomic E-state index is 13.1. The van der Waals surface area contributed by atoms with E-state index in [1.54, 1.807) is 7.11 Å². The highest BCUT2D eigenvalue weighted by molar-refractivity contribution is 7.99. The van der Waals surface area contributed by atoms with Crippen LogP contribution in [0.2, 0.25) is 0 Å². The normalized spacial score (nSPS) is 18.1. The molecule has 1 heterocycles. The molecular formula is C20H32N4O4S. The van der Waals surface area contributed by atoms with Gasteiger partial charge in [0.1, 0.15) is 6.04 Å². The minimum absolute atomic E-state index is 0.0891. The molecule has 8 nitrogen and oxygen atoms in total. The number of thioether (sulfide) groups is 1. The van der Waals surface area contributed by atoms with Crippen molar-refractivity contribution < 1.29 is 18.7 Å². The predicted octanol–water partition coefficient (Wildman–Crippen LogP) is 2.56. The molecule has 0 bridgehead atoms. The highest BCUT2D eigenvalue weighted by Gasteiger charge is 2.34. The Morgan fingerprint density at radius 2 is 2.17 bits per heavy atom. The van der Waals surface area contributed by atoms with Crippen molar-refractivity contribution in [1.82, 2.24) is 20.4 Å². The van der Waals surface area contributed by atoms with Crippen molar-refractivity contribution in [2.75, 3.05) is 33.5 Å². The largest absolute Gasteiger partial charge is 0.408 e. The molecule has 2 atom stereocenters. The summed E-state index contributed by atoms with van der Waals surface area (Å²) in [5.74, 6) is -0.0898. The van der Waals surface area contributed by atoms with Crippen LogP contribution in [0.4, 0.5) is 0 Å². The molecule has 1 aromatic heterocycles. The summed E-state index contributed by atoms with van der Waals surface area (Å²) in [5, 5.41) is 11.1. The first-order valence-corrected chi connectivity index (χ1v) is 10.9. The van der Waals surface area contributed by atoms with E-state index in [4.69, 9.17) is 9.15 Å². The average molecular weight is 425 g/mol. The lowest BCUT2D eigenvalue weighted by Gasteiger charge is -2.28. The molecular weight excluding hydrogens is 392 g/mol. The van der Waals surface area contributed by atoms with Crippen LogP contribution in [-0.4, -0.2) is 71.9 Å². The standard InChI is InChI=1S/C20H32N4O4S/c1-20(2,27-5)13-15(21-17(26)14-9-7-6-8-10-14)16(25)18-22-23-19(28-18)29-12-11-24(3)4/h7,9,14-15H,6,8,10-13H2,1-5H3,(H,21,26). The smallest absolute Gasteiger partial charge is 0.286 e. The molecule has 2 rings (SSSR count). The van der Waals surface area contributed by atoms with Crippen molar-refractivity contribution in [3.63, 3.8) is 0 Å². The lowest BCUT2D eigenvalue weighted by molar-refractivity contribution is -0.124. The third-order valence-corrected chi connectivity index (χ3v) is 5.65. The van der Waals surface area contributed by atoms with Gasteiger partial charge in [-0.3, -0.25) is 9.59 Å². The van der Waals surface area contributed by atoms with Crippen molar-refractivity contribution in [3.8, 4) is 0 Å². The Hall–Kier alpha value is -1.71. The molecule has 0 radical (unpaired) electrons. The molecule has 29 heavy (non-hydrogen) atoms. The van der Waals surface area contributed by atoms with Crippen LogP contribution in [-0.2, 0) is 9.53 Å². The summed E-state index contributed by atoms with van der Waals surface area (Å²) in [6.45, 7) is 4.60. The van der Waals surface area contributed by atoms with Crippen LogP contribution in [0.5, 0.6) is 0 Å². The minimum Gasteiger partial charge on any atom is -0.408 e. The number of allylic oxidation sites excluding steroid dienone is 1. The monoisotopic (exact) mass is 424 g/mol. The van der Waals surface area contributed by atoms with E-state index in [1.165, 1.54) is 11.8 Å². The van der Waals surface area contributed by atoms with Crippen LogP contribution in [0.1, 0.15) is 50.2 Å². The second kappa shape index (κ2) is 10.9. The van der Waals surface area contributed by atoms with Crippen LogP contribution >= 0.6 is 11.8 Å². The first-order valence-electron chi connectivity index (χ1n) is 9.89. The van der Waals surface area contributed by atoms with Gasteiger partial charge in [0.2, 0.25) is 11.7 Å². The molecule has 1 aliphatic carbocycles. The number of hydrogen-bond donors (Lipinski definition) is 1. The summed E-state index contributed by atoms with van der Waals surface area (Å²) < 4.78 is 11.0. The number of ether oxygens (including phenoxy) is 1. The van der Waals surface area contributed by atoms with Gasteiger partial charge in [-0.1, -0.05) is 23.9 Å². The summed E-state index contributed by atoms with van der Waals surface area (Å²) in [5.41, 5.74) is -0.598.